The van der Waals surface area contributed by atoms with Crippen LogP contribution < -0.4 is 0 Å². The van der Waals surface area contributed by atoms with Crippen LogP contribution >= 0.6 is 11.3 Å². The molecule has 0 atom stereocenters. The average molecular weight is 427 g/mol. The third-order valence-electron chi connectivity index (χ3n) is 6.99. The zero-order valence-electron chi connectivity index (χ0n) is 17.8. The van der Waals surface area contributed by atoms with Crippen LogP contribution in [0.3, 0.4) is 0 Å². The van der Waals surface area contributed by atoms with Gasteiger partial charge in [0.15, 0.2) is 0 Å². The second-order valence-electron chi connectivity index (χ2n) is 8.81. The second-order valence-corrected chi connectivity index (χ2v) is 9.95. The molecular formula is C31H22S. The number of hydrogen-bond acceptors (Lipinski definition) is 1. The Hall–Kier alpha value is -3.42. The molecule has 0 N–H and O–H groups in total. The van der Waals surface area contributed by atoms with Crippen molar-refractivity contribution in [1.29, 1.82) is 0 Å². The van der Waals surface area contributed by atoms with Gasteiger partial charge in [0, 0.05) is 9.58 Å². The van der Waals surface area contributed by atoms with Crippen molar-refractivity contribution in [3.05, 3.63) is 107 Å². The van der Waals surface area contributed by atoms with Crippen molar-refractivity contribution in [3.63, 3.8) is 0 Å². The number of rotatable bonds is 1. The maximum atomic E-state index is 2.48. The molecule has 7 rings (SSSR count). The summed E-state index contributed by atoms with van der Waals surface area (Å²) in [5.74, 6) is 0. The summed E-state index contributed by atoms with van der Waals surface area (Å²) in [6.07, 6.45) is 6.00. The van der Waals surface area contributed by atoms with Crippen LogP contribution in [0.25, 0.3) is 54.1 Å². The van der Waals surface area contributed by atoms with E-state index >= 15 is 0 Å². The number of benzene rings is 5. The molecule has 0 aliphatic heterocycles. The summed E-state index contributed by atoms with van der Waals surface area (Å²) in [5, 5.41) is 9.48. The molecule has 0 amide bonds. The van der Waals surface area contributed by atoms with E-state index in [1.54, 1.807) is 4.88 Å². The van der Waals surface area contributed by atoms with Gasteiger partial charge in [-0.15, -0.1) is 11.3 Å². The molecule has 0 radical (unpaired) electrons. The molecule has 0 fully saturated rings. The zero-order valence-corrected chi connectivity index (χ0v) is 18.6. The third kappa shape index (κ3) is 2.68. The van der Waals surface area contributed by atoms with Gasteiger partial charge in [0.05, 0.1) is 0 Å². The first-order valence-electron chi connectivity index (χ1n) is 11.4. The summed E-state index contributed by atoms with van der Waals surface area (Å²) in [4.78, 5) is 1.54. The second kappa shape index (κ2) is 7.05. The Balaban J connectivity index is 1.50. The molecule has 0 saturated heterocycles. The molecule has 1 aliphatic rings. The van der Waals surface area contributed by atoms with Gasteiger partial charge in [-0.2, -0.15) is 0 Å². The minimum absolute atomic E-state index is 1.13. The van der Waals surface area contributed by atoms with E-state index in [1.807, 2.05) is 11.3 Å². The van der Waals surface area contributed by atoms with E-state index in [9.17, 15) is 0 Å². The highest BCUT2D eigenvalue weighted by atomic mass is 32.1. The molecule has 1 aromatic heterocycles. The third-order valence-corrected chi connectivity index (χ3v) is 8.24. The Morgan fingerprint density at radius 3 is 1.84 bits per heavy atom. The molecule has 0 saturated carbocycles. The summed E-state index contributed by atoms with van der Waals surface area (Å²) in [6, 6.07) is 33.7. The fourth-order valence-corrected chi connectivity index (χ4v) is 6.71. The first-order chi connectivity index (χ1) is 15.9. The molecule has 152 valence electrons. The SMILES string of the molecule is C1=C(c2ccc3c4ccccc4c4ccccc4c3c2)CCCc2sc3ccccc3c21. The van der Waals surface area contributed by atoms with Crippen molar-refractivity contribution >= 4 is 65.4 Å². The van der Waals surface area contributed by atoms with Gasteiger partial charge in [-0.3, -0.25) is 0 Å². The number of aryl methyl sites for hydroxylation is 1. The van der Waals surface area contributed by atoms with Gasteiger partial charge in [-0.25, -0.2) is 0 Å². The summed E-state index contributed by atoms with van der Waals surface area (Å²) in [7, 11) is 0. The molecule has 1 heteroatoms. The van der Waals surface area contributed by atoms with Gasteiger partial charge in [0.1, 0.15) is 0 Å². The largest absolute Gasteiger partial charge is 0.140 e. The summed E-state index contributed by atoms with van der Waals surface area (Å²) < 4.78 is 1.41. The highest BCUT2D eigenvalue weighted by Gasteiger charge is 2.16. The van der Waals surface area contributed by atoms with Crippen LogP contribution in [0.15, 0.2) is 91.0 Å². The minimum atomic E-state index is 1.13. The predicted molar refractivity (Wildman–Crippen MR) is 142 cm³/mol. The summed E-state index contributed by atoms with van der Waals surface area (Å²) in [5.41, 5.74) is 4.27. The van der Waals surface area contributed by atoms with Crippen LogP contribution in [0.1, 0.15) is 28.8 Å². The summed E-state index contributed by atoms with van der Waals surface area (Å²) >= 11 is 1.97. The van der Waals surface area contributed by atoms with E-state index < -0.39 is 0 Å². The minimum Gasteiger partial charge on any atom is -0.140 e. The Bertz CT molecular complexity index is 1660. The van der Waals surface area contributed by atoms with Crippen molar-refractivity contribution in [1.82, 2.24) is 0 Å². The average Bonchev–Trinajstić information content (AvgIpc) is 3.06. The number of hydrogen-bond donors (Lipinski definition) is 0. The zero-order chi connectivity index (χ0) is 21.1. The van der Waals surface area contributed by atoms with E-state index in [4.69, 9.17) is 0 Å². The molecule has 0 bridgehead atoms. The van der Waals surface area contributed by atoms with Crippen LogP contribution in [0.4, 0.5) is 0 Å². The quantitative estimate of drug-likeness (QED) is 0.230. The van der Waals surface area contributed by atoms with Crippen LogP contribution in [0.2, 0.25) is 0 Å². The smallest absolute Gasteiger partial charge is 0.0351 e. The standard InChI is InChI=1S/C31H22S/c1-2-11-24-22(9-1)23-10-3-4-12-25(23)28-18-21(16-17-26(24)28)20-8-7-15-31-29(19-20)27-13-5-6-14-30(27)32-31/h1-6,9-14,16-19H,7-8,15H2. The van der Waals surface area contributed by atoms with E-state index in [-0.39, 0.29) is 0 Å². The topological polar surface area (TPSA) is 0 Å². The van der Waals surface area contributed by atoms with Crippen molar-refractivity contribution < 1.29 is 0 Å². The lowest BCUT2D eigenvalue weighted by molar-refractivity contribution is 0.873. The molecule has 0 nitrogen and oxygen atoms in total. The van der Waals surface area contributed by atoms with Gasteiger partial charge in [0.2, 0.25) is 0 Å². The molecule has 6 aromatic rings. The lowest BCUT2D eigenvalue weighted by Crippen LogP contribution is -1.88. The van der Waals surface area contributed by atoms with Gasteiger partial charge in [-0.05, 0) is 91.9 Å². The van der Waals surface area contributed by atoms with Crippen LogP contribution in [-0.2, 0) is 6.42 Å². The number of fused-ring (bicyclic) bond motifs is 9. The molecule has 1 heterocycles. The normalized spacial score (nSPS) is 14.1. The fraction of sp³-hybridized carbons (Fsp3) is 0.0968. The molecule has 0 spiro atoms. The van der Waals surface area contributed by atoms with Gasteiger partial charge in [-0.1, -0.05) is 78.9 Å². The Kier molecular flexibility index (Phi) is 4.00. The Morgan fingerprint density at radius 1 is 0.531 bits per heavy atom. The first kappa shape index (κ1) is 18.2. The van der Waals surface area contributed by atoms with Crippen molar-refractivity contribution in [2.45, 2.75) is 19.3 Å². The molecule has 32 heavy (non-hydrogen) atoms. The molecule has 1 aliphatic carbocycles. The van der Waals surface area contributed by atoms with E-state index in [2.05, 4.69) is 97.1 Å². The van der Waals surface area contributed by atoms with Crippen molar-refractivity contribution in [3.8, 4) is 0 Å². The predicted octanol–water partition coefficient (Wildman–Crippen LogP) is 9.24. The maximum Gasteiger partial charge on any atom is 0.0351 e. The van der Waals surface area contributed by atoms with Crippen molar-refractivity contribution in [2.24, 2.45) is 0 Å². The van der Waals surface area contributed by atoms with Crippen LogP contribution in [-0.4, -0.2) is 0 Å². The van der Waals surface area contributed by atoms with E-state index in [0.29, 0.717) is 0 Å². The van der Waals surface area contributed by atoms with E-state index in [1.165, 1.54) is 71.9 Å². The lowest BCUT2D eigenvalue weighted by atomic mass is 9.91. The van der Waals surface area contributed by atoms with Gasteiger partial charge < -0.3 is 0 Å². The number of allylic oxidation sites excluding steroid dienone is 1. The van der Waals surface area contributed by atoms with Gasteiger partial charge in [0.25, 0.3) is 0 Å². The molecule has 0 unspecified atom stereocenters. The Morgan fingerprint density at radius 2 is 1.12 bits per heavy atom. The summed E-state index contributed by atoms with van der Waals surface area (Å²) in [6.45, 7) is 0. The highest BCUT2D eigenvalue weighted by Crippen LogP contribution is 2.41. The molecular weight excluding hydrogens is 404 g/mol. The van der Waals surface area contributed by atoms with Crippen LogP contribution in [0, 0.1) is 0 Å². The monoisotopic (exact) mass is 426 g/mol. The van der Waals surface area contributed by atoms with Crippen molar-refractivity contribution in [2.75, 3.05) is 0 Å². The maximum absolute atomic E-state index is 2.48. The van der Waals surface area contributed by atoms with Crippen LogP contribution in [0.5, 0.6) is 0 Å². The highest BCUT2D eigenvalue weighted by molar-refractivity contribution is 7.19. The molecule has 5 aromatic carbocycles. The van der Waals surface area contributed by atoms with Gasteiger partial charge >= 0.3 is 0 Å². The number of thiophene rings is 1. The van der Waals surface area contributed by atoms with E-state index in [0.717, 1.165) is 6.42 Å². The first-order valence-corrected chi connectivity index (χ1v) is 12.2. The lowest BCUT2D eigenvalue weighted by Gasteiger charge is -2.13. The fourth-order valence-electron chi connectivity index (χ4n) is 5.48. The Labute approximate surface area is 191 Å².